The van der Waals surface area contributed by atoms with Crippen molar-refractivity contribution in [2.24, 2.45) is 0 Å². The van der Waals surface area contributed by atoms with E-state index in [2.05, 4.69) is 36.2 Å². The Morgan fingerprint density at radius 2 is 2.00 bits per heavy atom. The fourth-order valence-corrected chi connectivity index (χ4v) is 2.20. The predicted molar refractivity (Wildman–Crippen MR) is 84.6 cm³/mol. The monoisotopic (exact) mass is 281 g/mol. The Bertz CT molecular complexity index is 768. The Kier molecular flexibility index (Phi) is 3.12. The molecule has 0 aliphatic rings. The van der Waals surface area contributed by atoms with Gasteiger partial charge in [0, 0.05) is 29.7 Å². The number of fused-ring (bicyclic) bond motifs is 1. The highest BCUT2D eigenvalue weighted by Gasteiger charge is 2.18. The van der Waals surface area contributed by atoms with E-state index in [1.165, 1.54) is 0 Å². The van der Waals surface area contributed by atoms with Crippen LogP contribution in [0.4, 0.5) is 0 Å². The van der Waals surface area contributed by atoms with Crippen LogP contribution in [0.1, 0.15) is 26.3 Å². The van der Waals surface area contributed by atoms with E-state index in [1.807, 2.05) is 42.2 Å². The Morgan fingerprint density at radius 3 is 2.67 bits per heavy atom. The number of hydrogen-bond acceptors (Lipinski definition) is 4. The summed E-state index contributed by atoms with van der Waals surface area (Å²) in [5, 5.41) is 0. The zero-order chi connectivity index (χ0) is 15.0. The molecule has 5 heteroatoms. The van der Waals surface area contributed by atoms with E-state index >= 15 is 0 Å². The molecule has 3 rings (SSSR count). The average molecular weight is 281 g/mol. The molecule has 0 fully saturated rings. The molecule has 0 aromatic carbocycles. The predicted octanol–water partition coefficient (Wildman–Crippen LogP) is 3.14. The van der Waals surface area contributed by atoms with E-state index < -0.39 is 0 Å². The number of nitrogens with zero attached hydrogens (tertiary/aromatic N) is 4. The van der Waals surface area contributed by atoms with Gasteiger partial charge >= 0.3 is 0 Å². The molecule has 0 amide bonds. The second-order valence-electron chi connectivity index (χ2n) is 6.23. The number of rotatable bonds is 2. The normalized spacial score (nSPS) is 11.8. The van der Waals surface area contributed by atoms with Crippen LogP contribution >= 0.6 is 0 Å². The van der Waals surface area contributed by atoms with Crippen LogP contribution in [-0.2, 0) is 0 Å². The molecule has 0 saturated heterocycles. The number of nitrogens with one attached hydrogen (secondary N) is 1. The summed E-state index contributed by atoms with van der Waals surface area (Å²) in [7, 11) is 0. The quantitative estimate of drug-likeness (QED) is 0.784. The highest BCUT2D eigenvalue weighted by molar-refractivity contribution is 5.77. The lowest BCUT2D eigenvalue weighted by Gasteiger charge is -2.24. The Morgan fingerprint density at radius 1 is 1.19 bits per heavy atom. The molecule has 3 heterocycles. The maximum Gasteiger partial charge on any atom is 0.179 e. The van der Waals surface area contributed by atoms with Gasteiger partial charge in [0.25, 0.3) is 0 Å². The molecule has 5 nitrogen and oxygen atoms in total. The SMILES string of the molecule is Cc1cnc2c(c1)nc(-c1cccnc1)n2NC(C)(C)C. The van der Waals surface area contributed by atoms with Gasteiger partial charge in [0.15, 0.2) is 11.5 Å². The number of hydrogen-bond donors (Lipinski definition) is 1. The summed E-state index contributed by atoms with van der Waals surface area (Å²) < 4.78 is 1.95. The van der Waals surface area contributed by atoms with Crippen molar-refractivity contribution in [2.75, 3.05) is 5.43 Å². The Labute approximate surface area is 124 Å². The van der Waals surface area contributed by atoms with Crippen molar-refractivity contribution < 1.29 is 0 Å². The van der Waals surface area contributed by atoms with E-state index in [9.17, 15) is 0 Å². The molecular formula is C16H19N5. The van der Waals surface area contributed by atoms with Crippen molar-refractivity contribution in [1.29, 1.82) is 0 Å². The van der Waals surface area contributed by atoms with E-state index in [0.29, 0.717) is 0 Å². The van der Waals surface area contributed by atoms with Crippen molar-refractivity contribution >= 4 is 11.2 Å². The summed E-state index contributed by atoms with van der Waals surface area (Å²) in [4.78, 5) is 13.4. The zero-order valence-corrected chi connectivity index (χ0v) is 12.8. The first-order chi connectivity index (χ1) is 9.94. The second kappa shape index (κ2) is 4.84. The molecule has 3 aromatic heterocycles. The molecule has 1 N–H and O–H groups in total. The minimum absolute atomic E-state index is 0.100. The molecule has 0 saturated carbocycles. The van der Waals surface area contributed by atoms with Gasteiger partial charge in [-0.25, -0.2) is 14.6 Å². The van der Waals surface area contributed by atoms with Gasteiger partial charge in [0.1, 0.15) is 5.52 Å². The molecule has 0 spiro atoms. The van der Waals surface area contributed by atoms with Crippen molar-refractivity contribution in [2.45, 2.75) is 33.2 Å². The number of aryl methyl sites for hydroxylation is 1. The molecule has 0 unspecified atom stereocenters. The molecule has 108 valence electrons. The minimum atomic E-state index is -0.100. The maximum atomic E-state index is 4.73. The first kappa shape index (κ1) is 13.5. The van der Waals surface area contributed by atoms with Gasteiger partial charge < -0.3 is 5.43 Å². The summed E-state index contributed by atoms with van der Waals surface area (Å²) in [6.45, 7) is 8.35. The molecule has 21 heavy (non-hydrogen) atoms. The lowest BCUT2D eigenvalue weighted by molar-refractivity contribution is 0.561. The van der Waals surface area contributed by atoms with Gasteiger partial charge in [-0.1, -0.05) is 0 Å². The van der Waals surface area contributed by atoms with Crippen LogP contribution in [0.3, 0.4) is 0 Å². The standard InChI is InChI=1S/C16H19N5/c1-11-8-13-15(18-9-11)21(20-16(2,3)4)14(19-13)12-6-5-7-17-10-12/h5-10,20H,1-4H3. The van der Waals surface area contributed by atoms with E-state index in [4.69, 9.17) is 4.98 Å². The lowest BCUT2D eigenvalue weighted by Crippen LogP contribution is -2.34. The van der Waals surface area contributed by atoms with Gasteiger partial charge in [-0.05, 0) is 51.5 Å². The van der Waals surface area contributed by atoms with E-state index in [-0.39, 0.29) is 5.54 Å². The maximum absolute atomic E-state index is 4.73. The minimum Gasteiger partial charge on any atom is -0.317 e. The molecule has 0 bridgehead atoms. The van der Waals surface area contributed by atoms with Crippen LogP contribution < -0.4 is 5.43 Å². The fraction of sp³-hybridized carbons (Fsp3) is 0.312. The molecule has 0 aliphatic heterocycles. The summed E-state index contributed by atoms with van der Waals surface area (Å²) in [6, 6.07) is 5.96. The van der Waals surface area contributed by atoms with Crippen molar-refractivity contribution in [3.8, 4) is 11.4 Å². The third-order valence-electron chi connectivity index (χ3n) is 3.00. The van der Waals surface area contributed by atoms with Gasteiger partial charge in [0.05, 0.1) is 0 Å². The van der Waals surface area contributed by atoms with Crippen molar-refractivity contribution in [1.82, 2.24) is 19.6 Å². The largest absolute Gasteiger partial charge is 0.317 e. The molecule has 0 aliphatic carbocycles. The fourth-order valence-electron chi connectivity index (χ4n) is 2.20. The van der Waals surface area contributed by atoms with E-state index in [1.54, 1.807) is 6.20 Å². The summed E-state index contributed by atoms with van der Waals surface area (Å²) in [5.41, 5.74) is 7.12. The van der Waals surface area contributed by atoms with Gasteiger partial charge in [-0.3, -0.25) is 4.98 Å². The molecule has 3 aromatic rings. The van der Waals surface area contributed by atoms with Gasteiger partial charge in [0.2, 0.25) is 0 Å². The number of imidazole rings is 1. The van der Waals surface area contributed by atoms with Crippen LogP contribution in [0.5, 0.6) is 0 Å². The zero-order valence-electron chi connectivity index (χ0n) is 12.8. The van der Waals surface area contributed by atoms with Crippen LogP contribution in [0, 0.1) is 6.92 Å². The highest BCUT2D eigenvalue weighted by Crippen LogP contribution is 2.23. The van der Waals surface area contributed by atoms with Crippen LogP contribution in [0.25, 0.3) is 22.6 Å². The second-order valence-corrected chi connectivity index (χ2v) is 6.23. The van der Waals surface area contributed by atoms with Crippen LogP contribution in [0.15, 0.2) is 36.8 Å². The molecule has 0 radical (unpaired) electrons. The molecular weight excluding hydrogens is 262 g/mol. The highest BCUT2D eigenvalue weighted by atomic mass is 15.5. The van der Waals surface area contributed by atoms with E-state index in [0.717, 1.165) is 28.1 Å². The van der Waals surface area contributed by atoms with Crippen LogP contribution in [0.2, 0.25) is 0 Å². The third kappa shape index (κ3) is 2.72. The first-order valence-electron chi connectivity index (χ1n) is 6.98. The Hall–Kier alpha value is -2.43. The Balaban J connectivity index is 2.25. The van der Waals surface area contributed by atoms with Gasteiger partial charge in [-0.2, -0.15) is 0 Å². The average Bonchev–Trinajstić information content (AvgIpc) is 2.76. The van der Waals surface area contributed by atoms with Gasteiger partial charge in [-0.15, -0.1) is 0 Å². The van der Waals surface area contributed by atoms with Crippen LogP contribution in [-0.4, -0.2) is 25.2 Å². The number of aromatic nitrogens is 4. The third-order valence-corrected chi connectivity index (χ3v) is 3.00. The number of pyridine rings is 2. The summed E-state index contributed by atoms with van der Waals surface area (Å²) in [5.74, 6) is 0.825. The topological polar surface area (TPSA) is 55.6 Å². The van der Waals surface area contributed by atoms with Crippen molar-refractivity contribution in [3.05, 3.63) is 42.4 Å². The molecule has 0 atom stereocenters. The first-order valence-corrected chi connectivity index (χ1v) is 6.98. The summed E-state index contributed by atoms with van der Waals surface area (Å²) in [6.07, 6.45) is 5.43. The lowest BCUT2D eigenvalue weighted by atomic mass is 10.1. The van der Waals surface area contributed by atoms with Crippen molar-refractivity contribution in [3.63, 3.8) is 0 Å². The smallest absolute Gasteiger partial charge is 0.179 e. The summed E-state index contributed by atoms with van der Waals surface area (Å²) >= 11 is 0.